The van der Waals surface area contributed by atoms with Crippen LogP contribution in [0.1, 0.15) is 25.5 Å². The maximum absolute atomic E-state index is 5.83. The van der Waals surface area contributed by atoms with E-state index < -0.39 is 0 Å². The van der Waals surface area contributed by atoms with Crippen molar-refractivity contribution in [3.8, 4) is 11.4 Å². The molecule has 0 bridgehead atoms. The van der Waals surface area contributed by atoms with Crippen molar-refractivity contribution in [1.82, 2.24) is 9.55 Å². The van der Waals surface area contributed by atoms with E-state index in [1.165, 1.54) is 0 Å². The molecule has 0 aliphatic rings. The number of ether oxygens (including phenoxy) is 1. The van der Waals surface area contributed by atoms with Gasteiger partial charge in [-0.3, -0.25) is 4.57 Å². The second-order valence-electron chi connectivity index (χ2n) is 4.27. The van der Waals surface area contributed by atoms with Crippen molar-refractivity contribution in [2.24, 2.45) is 0 Å². The topological polar surface area (TPSA) is 53.1 Å². The van der Waals surface area contributed by atoms with Crippen LogP contribution in [0.5, 0.6) is 5.75 Å². The summed E-state index contributed by atoms with van der Waals surface area (Å²) in [7, 11) is 1.65. The van der Waals surface area contributed by atoms with Gasteiger partial charge in [-0.25, -0.2) is 4.98 Å². The van der Waals surface area contributed by atoms with Gasteiger partial charge in [0.15, 0.2) is 0 Å². The second kappa shape index (κ2) is 4.49. The van der Waals surface area contributed by atoms with E-state index in [2.05, 4.69) is 18.8 Å². The van der Waals surface area contributed by atoms with Crippen LogP contribution in [-0.4, -0.2) is 16.7 Å². The van der Waals surface area contributed by atoms with Crippen molar-refractivity contribution in [3.63, 3.8) is 0 Å². The molecule has 1 heterocycles. The van der Waals surface area contributed by atoms with E-state index in [1.54, 1.807) is 13.4 Å². The second-order valence-corrected chi connectivity index (χ2v) is 4.27. The van der Waals surface area contributed by atoms with E-state index in [0.717, 1.165) is 17.1 Å². The average molecular weight is 231 g/mol. The number of nitrogens with zero attached hydrogens (tertiary/aromatic N) is 2. The smallest absolute Gasteiger partial charge is 0.143 e. The van der Waals surface area contributed by atoms with Crippen molar-refractivity contribution in [2.75, 3.05) is 12.8 Å². The van der Waals surface area contributed by atoms with E-state index in [0.29, 0.717) is 11.6 Å². The minimum atomic E-state index is 0.392. The zero-order valence-electron chi connectivity index (χ0n) is 10.3. The van der Waals surface area contributed by atoms with Crippen molar-refractivity contribution in [1.29, 1.82) is 0 Å². The first-order valence-electron chi connectivity index (χ1n) is 5.59. The first-order valence-corrected chi connectivity index (χ1v) is 5.59. The zero-order valence-corrected chi connectivity index (χ0v) is 10.3. The van der Waals surface area contributed by atoms with Crippen LogP contribution in [0.4, 0.5) is 5.69 Å². The Hall–Kier alpha value is -1.97. The highest BCUT2D eigenvalue weighted by atomic mass is 16.5. The Bertz CT molecular complexity index is 517. The van der Waals surface area contributed by atoms with Crippen LogP contribution in [0.15, 0.2) is 30.7 Å². The third kappa shape index (κ3) is 2.11. The van der Waals surface area contributed by atoms with Gasteiger partial charge in [-0.1, -0.05) is 13.8 Å². The van der Waals surface area contributed by atoms with Crippen molar-refractivity contribution >= 4 is 5.69 Å². The molecule has 2 aromatic rings. The number of nitrogen functional groups attached to an aromatic ring is 1. The van der Waals surface area contributed by atoms with Crippen LogP contribution in [-0.2, 0) is 0 Å². The molecule has 90 valence electrons. The Balaban J connectivity index is 2.59. The van der Waals surface area contributed by atoms with Crippen LogP contribution in [0.3, 0.4) is 0 Å². The summed E-state index contributed by atoms with van der Waals surface area (Å²) in [6, 6.07) is 5.59. The summed E-state index contributed by atoms with van der Waals surface area (Å²) in [6.07, 6.45) is 3.65. The molecule has 0 fully saturated rings. The molecule has 0 atom stereocenters. The fourth-order valence-electron chi connectivity index (χ4n) is 1.83. The van der Waals surface area contributed by atoms with E-state index in [4.69, 9.17) is 10.5 Å². The Labute approximate surface area is 101 Å². The molecule has 17 heavy (non-hydrogen) atoms. The molecule has 2 rings (SSSR count). The minimum absolute atomic E-state index is 0.392. The average Bonchev–Trinajstić information content (AvgIpc) is 2.77. The maximum Gasteiger partial charge on any atom is 0.143 e. The number of methoxy groups -OCH3 is 1. The summed E-state index contributed by atoms with van der Waals surface area (Å²) in [6.45, 7) is 4.26. The number of hydrogen-bond donors (Lipinski definition) is 1. The standard InChI is InChI=1S/C13H17N3O/c1-9(2)12-7-15-8-16(12)11-6-10(14)4-5-13(11)17-3/h4-9H,14H2,1-3H3. The van der Waals surface area contributed by atoms with Crippen LogP contribution >= 0.6 is 0 Å². The van der Waals surface area contributed by atoms with Gasteiger partial charge in [0.25, 0.3) is 0 Å². The number of benzene rings is 1. The largest absolute Gasteiger partial charge is 0.495 e. The molecule has 2 N–H and O–H groups in total. The molecule has 0 unspecified atom stereocenters. The Kier molecular flexibility index (Phi) is 3.04. The van der Waals surface area contributed by atoms with Crippen LogP contribution in [0, 0.1) is 0 Å². The Morgan fingerprint density at radius 2 is 2.12 bits per heavy atom. The van der Waals surface area contributed by atoms with Crippen LogP contribution in [0.2, 0.25) is 0 Å². The number of aromatic nitrogens is 2. The Morgan fingerprint density at radius 3 is 2.76 bits per heavy atom. The van der Waals surface area contributed by atoms with Crippen molar-refractivity contribution in [2.45, 2.75) is 19.8 Å². The van der Waals surface area contributed by atoms with Crippen LogP contribution in [0.25, 0.3) is 5.69 Å². The molecule has 4 heteroatoms. The Morgan fingerprint density at radius 1 is 1.35 bits per heavy atom. The zero-order chi connectivity index (χ0) is 12.4. The van der Waals surface area contributed by atoms with Gasteiger partial charge < -0.3 is 10.5 Å². The summed E-state index contributed by atoms with van der Waals surface area (Å²) >= 11 is 0. The summed E-state index contributed by atoms with van der Waals surface area (Å²) in [4.78, 5) is 4.19. The molecule has 0 saturated carbocycles. The van der Waals surface area contributed by atoms with E-state index >= 15 is 0 Å². The highest BCUT2D eigenvalue weighted by molar-refractivity contribution is 5.57. The molecule has 0 aliphatic carbocycles. The molecule has 0 spiro atoms. The quantitative estimate of drug-likeness (QED) is 0.826. The van der Waals surface area contributed by atoms with Gasteiger partial charge in [0, 0.05) is 17.6 Å². The molecular weight excluding hydrogens is 214 g/mol. The lowest BCUT2D eigenvalue weighted by molar-refractivity contribution is 0.412. The van der Waals surface area contributed by atoms with Gasteiger partial charge >= 0.3 is 0 Å². The van der Waals surface area contributed by atoms with Gasteiger partial charge in [0.2, 0.25) is 0 Å². The third-order valence-electron chi connectivity index (χ3n) is 2.72. The van der Waals surface area contributed by atoms with Gasteiger partial charge in [-0.15, -0.1) is 0 Å². The van der Waals surface area contributed by atoms with E-state index in [1.807, 2.05) is 29.0 Å². The summed E-state index contributed by atoms with van der Waals surface area (Å²) in [5.41, 5.74) is 8.60. The van der Waals surface area contributed by atoms with Crippen molar-refractivity contribution < 1.29 is 4.74 Å². The van der Waals surface area contributed by atoms with Gasteiger partial charge in [0.05, 0.1) is 19.1 Å². The normalized spacial score (nSPS) is 10.8. The van der Waals surface area contributed by atoms with Gasteiger partial charge in [-0.05, 0) is 24.1 Å². The monoisotopic (exact) mass is 231 g/mol. The first-order chi connectivity index (χ1) is 8.13. The predicted molar refractivity (Wildman–Crippen MR) is 68.6 cm³/mol. The number of imidazole rings is 1. The molecule has 0 radical (unpaired) electrons. The summed E-state index contributed by atoms with van der Waals surface area (Å²) in [5, 5.41) is 0. The molecule has 4 nitrogen and oxygen atoms in total. The summed E-state index contributed by atoms with van der Waals surface area (Å²) < 4.78 is 7.37. The molecule has 0 amide bonds. The highest BCUT2D eigenvalue weighted by Crippen LogP contribution is 2.28. The van der Waals surface area contributed by atoms with Gasteiger partial charge in [0.1, 0.15) is 5.75 Å². The van der Waals surface area contributed by atoms with E-state index in [-0.39, 0.29) is 0 Å². The lowest BCUT2D eigenvalue weighted by atomic mass is 10.1. The molecule has 1 aromatic carbocycles. The first kappa shape index (κ1) is 11.5. The number of hydrogen-bond acceptors (Lipinski definition) is 3. The third-order valence-corrected chi connectivity index (χ3v) is 2.72. The lowest BCUT2D eigenvalue weighted by Crippen LogP contribution is -2.03. The minimum Gasteiger partial charge on any atom is -0.495 e. The predicted octanol–water partition coefficient (Wildman–Crippen LogP) is 2.59. The SMILES string of the molecule is COc1ccc(N)cc1-n1cncc1C(C)C. The molecule has 1 aromatic heterocycles. The lowest BCUT2D eigenvalue weighted by Gasteiger charge is -2.14. The number of nitrogens with two attached hydrogens (primary N) is 1. The highest BCUT2D eigenvalue weighted by Gasteiger charge is 2.12. The maximum atomic E-state index is 5.83. The van der Waals surface area contributed by atoms with Gasteiger partial charge in [-0.2, -0.15) is 0 Å². The summed E-state index contributed by atoms with van der Waals surface area (Å²) in [5.74, 6) is 1.18. The fourth-order valence-corrected chi connectivity index (χ4v) is 1.83. The fraction of sp³-hybridized carbons (Fsp3) is 0.308. The number of anilines is 1. The van der Waals surface area contributed by atoms with Crippen molar-refractivity contribution in [3.05, 3.63) is 36.4 Å². The molecule has 0 saturated heterocycles. The molecular formula is C13H17N3O. The molecule has 0 aliphatic heterocycles. The number of rotatable bonds is 3. The van der Waals surface area contributed by atoms with Crippen LogP contribution < -0.4 is 10.5 Å². The van der Waals surface area contributed by atoms with E-state index in [9.17, 15) is 0 Å².